The molecule has 0 N–H and O–H groups in total. The lowest BCUT2D eigenvalue weighted by Crippen LogP contribution is -2.11. The van der Waals surface area contributed by atoms with Crippen LogP contribution in [0, 0.1) is 0 Å². The maximum absolute atomic E-state index is 3.61. The van der Waals surface area contributed by atoms with Crippen LogP contribution in [0.3, 0.4) is 0 Å². The van der Waals surface area contributed by atoms with Gasteiger partial charge in [0, 0.05) is 20.9 Å². The van der Waals surface area contributed by atoms with Crippen molar-refractivity contribution < 1.29 is 0 Å². The van der Waals surface area contributed by atoms with Crippen molar-refractivity contribution in [3.05, 3.63) is 76.8 Å². The summed E-state index contributed by atoms with van der Waals surface area (Å²) in [7, 11) is 0. The van der Waals surface area contributed by atoms with E-state index in [-0.39, 0.29) is 5.41 Å². The Balaban J connectivity index is 2.09. The second-order valence-corrected chi connectivity index (χ2v) is 8.23. The van der Waals surface area contributed by atoms with Crippen LogP contribution in [0.15, 0.2) is 71.2 Å². The summed E-state index contributed by atoms with van der Waals surface area (Å²) in [5.41, 5.74) is 5.19. The lowest BCUT2D eigenvalue weighted by Gasteiger charge is -2.20. The third kappa shape index (κ3) is 2.46. The van der Waals surface area contributed by atoms with Crippen LogP contribution in [-0.2, 0) is 5.41 Å². The van der Waals surface area contributed by atoms with Gasteiger partial charge in [0.2, 0.25) is 0 Å². The average Bonchev–Trinajstić information content (AvgIpc) is 2.88. The van der Waals surface area contributed by atoms with E-state index in [9.17, 15) is 0 Å². The van der Waals surface area contributed by atoms with Gasteiger partial charge in [0.05, 0.1) is 11.0 Å². The molecule has 2 heteroatoms. The third-order valence-corrected chi connectivity index (χ3v) is 5.10. The second-order valence-electron chi connectivity index (χ2n) is 7.31. The van der Waals surface area contributed by atoms with Crippen LogP contribution < -0.4 is 0 Å². The van der Waals surface area contributed by atoms with Crippen LogP contribution in [-0.4, -0.2) is 4.57 Å². The molecule has 0 unspecified atom stereocenters. The Morgan fingerprint density at radius 1 is 0.750 bits per heavy atom. The van der Waals surface area contributed by atoms with Gasteiger partial charge in [-0.05, 0) is 47.4 Å². The molecule has 1 heterocycles. The van der Waals surface area contributed by atoms with Gasteiger partial charge in [-0.2, -0.15) is 0 Å². The summed E-state index contributed by atoms with van der Waals surface area (Å²) >= 11 is 3.61. The van der Waals surface area contributed by atoms with Crippen LogP contribution in [0.25, 0.3) is 27.5 Å². The third-order valence-electron chi connectivity index (χ3n) is 4.61. The highest BCUT2D eigenvalue weighted by molar-refractivity contribution is 9.10. The van der Waals surface area contributed by atoms with E-state index >= 15 is 0 Å². The van der Waals surface area contributed by atoms with Crippen molar-refractivity contribution in [2.45, 2.75) is 26.2 Å². The quantitative estimate of drug-likeness (QED) is 0.342. The van der Waals surface area contributed by atoms with Gasteiger partial charge in [-0.25, -0.2) is 0 Å². The highest BCUT2D eigenvalue weighted by atomic mass is 79.9. The Morgan fingerprint density at radius 2 is 1.50 bits per heavy atom. The molecule has 0 bridgehead atoms. The largest absolute Gasteiger partial charge is 0.309 e. The molecule has 0 amide bonds. The molecule has 0 saturated heterocycles. The minimum Gasteiger partial charge on any atom is -0.309 e. The van der Waals surface area contributed by atoms with Gasteiger partial charge in [0.25, 0.3) is 0 Å². The van der Waals surface area contributed by atoms with Crippen molar-refractivity contribution in [3.63, 3.8) is 0 Å². The molecule has 0 aliphatic rings. The van der Waals surface area contributed by atoms with Crippen LogP contribution in [0.5, 0.6) is 0 Å². The lowest BCUT2D eigenvalue weighted by molar-refractivity contribution is 0.590. The molecule has 4 aromatic rings. The SMILES string of the molecule is CC(C)(C)c1cccc(-n2c3ccccc3c3cc(Br)ccc32)c1. The van der Waals surface area contributed by atoms with Crippen molar-refractivity contribution in [1.29, 1.82) is 0 Å². The van der Waals surface area contributed by atoms with Crippen LogP contribution in [0.2, 0.25) is 0 Å². The molecule has 0 atom stereocenters. The summed E-state index contributed by atoms with van der Waals surface area (Å²) < 4.78 is 3.48. The Kier molecular flexibility index (Phi) is 3.54. The number of hydrogen-bond acceptors (Lipinski definition) is 0. The van der Waals surface area contributed by atoms with Gasteiger partial charge in [-0.1, -0.05) is 67.0 Å². The predicted molar refractivity (Wildman–Crippen MR) is 107 cm³/mol. The summed E-state index contributed by atoms with van der Waals surface area (Å²) in [5.74, 6) is 0. The smallest absolute Gasteiger partial charge is 0.0541 e. The maximum Gasteiger partial charge on any atom is 0.0541 e. The first kappa shape index (κ1) is 15.5. The second kappa shape index (κ2) is 5.49. The summed E-state index contributed by atoms with van der Waals surface area (Å²) in [4.78, 5) is 0. The van der Waals surface area contributed by atoms with E-state index in [0.29, 0.717) is 0 Å². The first-order chi connectivity index (χ1) is 11.4. The number of fused-ring (bicyclic) bond motifs is 3. The zero-order valence-corrected chi connectivity index (χ0v) is 15.8. The lowest BCUT2D eigenvalue weighted by atomic mass is 9.87. The average molecular weight is 378 g/mol. The predicted octanol–water partition coefficient (Wildman–Crippen LogP) is 6.84. The molecule has 0 fully saturated rings. The Bertz CT molecular complexity index is 1050. The molecule has 24 heavy (non-hydrogen) atoms. The van der Waals surface area contributed by atoms with Crippen molar-refractivity contribution in [1.82, 2.24) is 4.57 Å². The molecule has 3 aromatic carbocycles. The first-order valence-electron chi connectivity index (χ1n) is 8.25. The van der Waals surface area contributed by atoms with E-state index < -0.39 is 0 Å². The molecular weight excluding hydrogens is 358 g/mol. The number of rotatable bonds is 1. The highest BCUT2D eigenvalue weighted by Crippen LogP contribution is 2.34. The Labute approximate surface area is 151 Å². The number of hydrogen-bond donors (Lipinski definition) is 0. The standard InChI is InChI=1S/C22H20BrN/c1-22(2,3)15-7-6-8-17(13-15)24-20-10-5-4-9-18(20)19-14-16(23)11-12-21(19)24/h4-14H,1-3H3. The number of halogens is 1. The van der Waals surface area contributed by atoms with E-state index in [4.69, 9.17) is 0 Å². The van der Waals surface area contributed by atoms with Crippen LogP contribution in [0.1, 0.15) is 26.3 Å². The molecule has 0 aliphatic heterocycles. The number of para-hydroxylation sites is 1. The topological polar surface area (TPSA) is 4.93 Å². The molecule has 0 saturated carbocycles. The van der Waals surface area contributed by atoms with Gasteiger partial charge in [-0.3, -0.25) is 0 Å². The van der Waals surface area contributed by atoms with Gasteiger partial charge in [0.1, 0.15) is 0 Å². The monoisotopic (exact) mass is 377 g/mol. The van der Waals surface area contributed by atoms with E-state index in [1.807, 2.05) is 0 Å². The van der Waals surface area contributed by atoms with Crippen LogP contribution in [0.4, 0.5) is 0 Å². The van der Waals surface area contributed by atoms with E-state index in [1.54, 1.807) is 0 Å². The molecule has 0 radical (unpaired) electrons. The van der Waals surface area contributed by atoms with Gasteiger partial charge in [0.15, 0.2) is 0 Å². The summed E-state index contributed by atoms with van der Waals surface area (Å²) in [6.07, 6.45) is 0. The summed E-state index contributed by atoms with van der Waals surface area (Å²) in [5, 5.41) is 2.57. The van der Waals surface area contributed by atoms with E-state index in [0.717, 1.165) is 4.47 Å². The van der Waals surface area contributed by atoms with Crippen molar-refractivity contribution >= 4 is 37.7 Å². The van der Waals surface area contributed by atoms with E-state index in [2.05, 4.69) is 108 Å². The molecular formula is C22H20BrN. The molecule has 1 nitrogen and oxygen atoms in total. The van der Waals surface area contributed by atoms with Gasteiger partial charge >= 0.3 is 0 Å². The zero-order valence-electron chi connectivity index (χ0n) is 14.2. The van der Waals surface area contributed by atoms with Gasteiger partial charge in [-0.15, -0.1) is 0 Å². The Hall–Kier alpha value is -2.06. The molecule has 4 rings (SSSR count). The normalized spacial score (nSPS) is 12.2. The summed E-state index contributed by atoms with van der Waals surface area (Å²) in [6, 6.07) is 24.0. The Morgan fingerprint density at radius 3 is 2.29 bits per heavy atom. The summed E-state index contributed by atoms with van der Waals surface area (Å²) in [6.45, 7) is 6.78. The maximum atomic E-state index is 3.61. The number of benzene rings is 3. The van der Waals surface area contributed by atoms with Crippen LogP contribution >= 0.6 is 15.9 Å². The fraction of sp³-hybridized carbons (Fsp3) is 0.182. The minimum absolute atomic E-state index is 0.137. The van der Waals surface area contributed by atoms with Crippen molar-refractivity contribution in [2.75, 3.05) is 0 Å². The first-order valence-corrected chi connectivity index (χ1v) is 9.04. The molecule has 1 aromatic heterocycles. The molecule has 0 spiro atoms. The minimum atomic E-state index is 0.137. The number of aromatic nitrogens is 1. The highest BCUT2D eigenvalue weighted by Gasteiger charge is 2.16. The van der Waals surface area contributed by atoms with E-state index in [1.165, 1.54) is 33.1 Å². The van der Waals surface area contributed by atoms with Crippen molar-refractivity contribution in [2.24, 2.45) is 0 Å². The fourth-order valence-corrected chi connectivity index (χ4v) is 3.70. The fourth-order valence-electron chi connectivity index (χ4n) is 3.33. The molecule has 0 aliphatic carbocycles. The zero-order chi connectivity index (χ0) is 16.9. The molecule has 120 valence electrons. The number of nitrogens with zero attached hydrogens (tertiary/aromatic N) is 1. The van der Waals surface area contributed by atoms with Gasteiger partial charge < -0.3 is 4.57 Å². The van der Waals surface area contributed by atoms with Crippen molar-refractivity contribution in [3.8, 4) is 5.69 Å².